The summed E-state index contributed by atoms with van der Waals surface area (Å²) in [6.07, 6.45) is 9.17. The molecule has 0 spiro atoms. The van der Waals surface area contributed by atoms with Crippen LogP contribution in [0.1, 0.15) is 19.8 Å². The van der Waals surface area contributed by atoms with Gasteiger partial charge < -0.3 is 10.6 Å². The Morgan fingerprint density at radius 2 is 1.94 bits per heavy atom. The van der Waals surface area contributed by atoms with Crippen LogP contribution >= 0.6 is 0 Å². The topological polar surface area (TPSA) is 32.5 Å². The van der Waals surface area contributed by atoms with E-state index in [0.717, 1.165) is 6.04 Å². The summed E-state index contributed by atoms with van der Waals surface area (Å²) >= 11 is 0. The molecule has 3 heteroatoms. The molecule has 0 aromatic rings. The van der Waals surface area contributed by atoms with Crippen molar-refractivity contribution in [2.45, 2.75) is 37.9 Å². The molecule has 0 aromatic heterocycles. The number of nitrogens with two attached hydrogens (primary N) is 1. The van der Waals surface area contributed by atoms with Crippen LogP contribution in [0, 0.1) is 0 Å². The Balaban J connectivity index is 1.91. The van der Waals surface area contributed by atoms with E-state index in [0.29, 0.717) is 6.04 Å². The van der Waals surface area contributed by atoms with Crippen molar-refractivity contribution in [2.24, 2.45) is 5.73 Å². The predicted molar refractivity (Wildman–Crippen MR) is 72.9 cm³/mol. The third kappa shape index (κ3) is 2.97. The van der Waals surface area contributed by atoms with Crippen molar-refractivity contribution in [1.82, 2.24) is 9.80 Å². The summed E-state index contributed by atoms with van der Waals surface area (Å²) in [5, 5.41) is 0. The second-order valence-electron chi connectivity index (χ2n) is 5.57. The fraction of sp³-hybridized carbons (Fsp3) is 0.714. The quantitative estimate of drug-likeness (QED) is 0.781. The van der Waals surface area contributed by atoms with Crippen LogP contribution in [0.3, 0.4) is 0 Å². The normalized spacial score (nSPS) is 31.9. The van der Waals surface area contributed by atoms with E-state index in [1.54, 1.807) is 0 Å². The lowest BCUT2D eigenvalue weighted by molar-refractivity contribution is 0.119. The molecule has 2 rings (SSSR count). The van der Waals surface area contributed by atoms with Crippen molar-refractivity contribution in [2.75, 3.05) is 27.2 Å². The summed E-state index contributed by atoms with van der Waals surface area (Å²) in [6, 6.07) is 1.31. The fourth-order valence-corrected chi connectivity index (χ4v) is 2.90. The van der Waals surface area contributed by atoms with E-state index in [1.165, 1.54) is 31.5 Å². The van der Waals surface area contributed by atoms with Crippen LogP contribution in [0.15, 0.2) is 23.8 Å². The molecular formula is C14H25N3. The van der Waals surface area contributed by atoms with Gasteiger partial charge in [0.05, 0.1) is 0 Å². The summed E-state index contributed by atoms with van der Waals surface area (Å²) in [4.78, 5) is 4.88. The molecule has 1 aliphatic heterocycles. The van der Waals surface area contributed by atoms with Gasteiger partial charge in [0.25, 0.3) is 0 Å². The molecule has 0 bridgehead atoms. The monoisotopic (exact) mass is 235 g/mol. The molecule has 2 atom stereocenters. The van der Waals surface area contributed by atoms with Gasteiger partial charge in [0, 0.05) is 31.2 Å². The van der Waals surface area contributed by atoms with E-state index < -0.39 is 0 Å². The summed E-state index contributed by atoms with van der Waals surface area (Å²) < 4.78 is 0. The van der Waals surface area contributed by atoms with E-state index in [4.69, 9.17) is 5.73 Å². The van der Waals surface area contributed by atoms with Gasteiger partial charge in [-0.2, -0.15) is 0 Å². The van der Waals surface area contributed by atoms with E-state index in [2.05, 4.69) is 49.0 Å². The maximum atomic E-state index is 6.21. The Morgan fingerprint density at radius 3 is 2.47 bits per heavy atom. The molecule has 3 nitrogen and oxygen atoms in total. The van der Waals surface area contributed by atoms with Crippen molar-refractivity contribution in [3.8, 4) is 0 Å². The lowest BCUT2D eigenvalue weighted by Gasteiger charge is -2.40. The van der Waals surface area contributed by atoms with Crippen molar-refractivity contribution < 1.29 is 0 Å². The standard InChI is InChI=1S/C14H25N3/c1-11-4-5-14(13(15)10-11)17-8-6-12(7-9-17)16(2)3/h4-5,10,12-14H,6-9,15H2,1-3H3. The second-order valence-corrected chi connectivity index (χ2v) is 5.57. The summed E-state index contributed by atoms with van der Waals surface area (Å²) in [7, 11) is 4.36. The minimum Gasteiger partial charge on any atom is -0.323 e. The van der Waals surface area contributed by atoms with E-state index in [-0.39, 0.29) is 6.04 Å². The Morgan fingerprint density at radius 1 is 1.29 bits per heavy atom. The fourth-order valence-electron chi connectivity index (χ4n) is 2.90. The first-order valence-corrected chi connectivity index (χ1v) is 6.60. The molecule has 2 aliphatic rings. The minimum absolute atomic E-state index is 0.163. The van der Waals surface area contributed by atoms with Crippen LogP contribution in [0.25, 0.3) is 0 Å². The lowest BCUT2D eigenvalue weighted by Crippen LogP contribution is -2.52. The Bertz CT molecular complexity index is 311. The van der Waals surface area contributed by atoms with Crippen molar-refractivity contribution >= 4 is 0 Å². The van der Waals surface area contributed by atoms with Gasteiger partial charge in [-0.3, -0.25) is 4.90 Å². The first-order chi connectivity index (χ1) is 8.08. The SMILES string of the molecule is CC1=CC(N)C(N2CCC(N(C)C)CC2)C=C1. The smallest absolute Gasteiger partial charge is 0.0469 e. The molecule has 2 N–H and O–H groups in total. The third-order valence-corrected chi connectivity index (χ3v) is 4.06. The average Bonchev–Trinajstić information content (AvgIpc) is 2.29. The number of hydrogen-bond donors (Lipinski definition) is 1. The molecular weight excluding hydrogens is 210 g/mol. The van der Waals surface area contributed by atoms with Crippen LogP contribution in [0.4, 0.5) is 0 Å². The Labute approximate surface area is 105 Å². The first-order valence-electron chi connectivity index (χ1n) is 6.60. The lowest BCUT2D eigenvalue weighted by atomic mass is 9.95. The van der Waals surface area contributed by atoms with Crippen LogP contribution in [-0.4, -0.2) is 55.1 Å². The minimum atomic E-state index is 0.163. The highest BCUT2D eigenvalue weighted by molar-refractivity contribution is 5.27. The van der Waals surface area contributed by atoms with Gasteiger partial charge in [-0.05, 0) is 33.9 Å². The molecule has 0 radical (unpaired) electrons. The van der Waals surface area contributed by atoms with Crippen molar-refractivity contribution in [3.63, 3.8) is 0 Å². The average molecular weight is 235 g/mol. The zero-order chi connectivity index (χ0) is 12.4. The highest BCUT2D eigenvalue weighted by Gasteiger charge is 2.28. The number of nitrogens with zero attached hydrogens (tertiary/aromatic N) is 2. The predicted octanol–water partition coefficient (Wildman–Crippen LogP) is 1.22. The largest absolute Gasteiger partial charge is 0.323 e. The maximum Gasteiger partial charge on any atom is 0.0469 e. The highest BCUT2D eigenvalue weighted by Crippen LogP contribution is 2.21. The summed E-state index contributed by atoms with van der Waals surface area (Å²) in [6.45, 7) is 4.45. The molecule has 17 heavy (non-hydrogen) atoms. The van der Waals surface area contributed by atoms with Crippen LogP contribution in [0.2, 0.25) is 0 Å². The van der Waals surface area contributed by atoms with Gasteiger partial charge >= 0.3 is 0 Å². The molecule has 1 aliphatic carbocycles. The molecule has 0 saturated carbocycles. The molecule has 0 amide bonds. The van der Waals surface area contributed by atoms with Crippen LogP contribution in [0.5, 0.6) is 0 Å². The molecule has 1 fully saturated rings. The number of likely N-dealkylation sites (tertiary alicyclic amines) is 1. The van der Waals surface area contributed by atoms with Gasteiger partial charge in [-0.1, -0.05) is 23.8 Å². The molecule has 2 unspecified atom stereocenters. The Kier molecular flexibility index (Phi) is 4.02. The zero-order valence-corrected chi connectivity index (χ0v) is 11.3. The van der Waals surface area contributed by atoms with Gasteiger partial charge in [0.2, 0.25) is 0 Å². The number of rotatable bonds is 2. The van der Waals surface area contributed by atoms with Crippen LogP contribution < -0.4 is 5.73 Å². The van der Waals surface area contributed by atoms with Gasteiger partial charge in [-0.25, -0.2) is 0 Å². The highest BCUT2D eigenvalue weighted by atomic mass is 15.2. The third-order valence-electron chi connectivity index (χ3n) is 4.06. The summed E-state index contributed by atoms with van der Waals surface area (Å²) in [5.41, 5.74) is 7.50. The number of allylic oxidation sites excluding steroid dienone is 2. The van der Waals surface area contributed by atoms with Gasteiger partial charge in [0.1, 0.15) is 0 Å². The molecule has 0 aromatic carbocycles. The van der Waals surface area contributed by atoms with Crippen LogP contribution in [-0.2, 0) is 0 Å². The molecule has 1 saturated heterocycles. The number of hydrogen-bond acceptors (Lipinski definition) is 3. The Hall–Kier alpha value is -0.640. The summed E-state index contributed by atoms with van der Waals surface area (Å²) in [5.74, 6) is 0. The zero-order valence-electron chi connectivity index (χ0n) is 11.3. The van der Waals surface area contributed by atoms with Crippen molar-refractivity contribution in [1.29, 1.82) is 0 Å². The van der Waals surface area contributed by atoms with Gasteiger partial charge in [0.15, 0.2) is 0 Å². The van der Waals surface area contributed by atoms with E-state index >= 15 is 0 Å². The second kappa shape index (κ2) is 5.34. The first kappa shape index (κ1) is 12.8. The van der Waals surface area contributed by atoms with E-state index in [9.17, 15) is 0 Å². The number of piperidine rings is 1. The van der Waals surface area contributed by atoms with Gasteiger partial charge in [-0.15, -0.1) is 0 Å². The van der Waals surface area contributed by atoms with E-state index in [1.807, 2.05) is 0 Å². The molecule has 1 heterocycles. The van der Waals surface area contributed by atoms with Crippen molar-refractivity contribution in [3.05, 3.63) is 23.8 Å². The molecule has 96 valence electrons. The maximum absolute atomic E-state index is 6.21.